The third kappa shape index (κ3) is 33.1. The first-order chi connectivity index (χ1) is 23.0. The van der Waals surface area contributed by atoms with Crippen LogP contribution in [0.3, 0.4) is 0 Å². The summed E-state index contributed by atoms with van der Waals surface area (Å²) in [6.45, 7) is 6.66. The van der Waals surface area contributed by atoms with Gasteiger partial charge in [0.2, 0.25) is 0 Å². The van der Waals surface area contributed by atoms with Gasteiger partial charge in [-0.25, -0.2) is 19.3 Å². The second-order valence-electron chi connectivity index (χ2n) is 13.6. The summed E-state index contributed by atoms with van der Waals surface area (Å²) < 4.78 is 0. The highest BCUT2D eigenvalue weighted by Gasteiger charge is 2.37. The van der Waals surface area contributed by atoms with E-state index in [9.17, 15) is 14.7 Å². The van der Waals surface area contributed by atoms with Crippen LogP contribution in [0, 0.1) is 0 Å². The standard InChI is InChI=1S/C41H78NO5.ClH/c1-4-7-9-11-13-15-17-19-21-23-25-27-29-31-33-35-40(44)46-42(37-6-3,38-39-43)47-41(45)36-34-32-30-28-26-24-22-20-18-16-14-12-10-8-5-2;/h19-22,43H,4-18,23-39H2,1-3H3;1H/q+1;/p-1/b21-19-,22-20-;. The molecule has 0 bridgehead atoms. The molecule has 7 heteroatoms. The Morgan fingerprint density at radius 3 is 1.08 bits per heavy atom. The van der Waals surface area contributed by atoms with Crippen LogP contribution in [0.15, 0.2) is 24.3 Å². The molecule has 0 heterocycles. The highest BCUT2D eigenvalue weighted by molar-refractivity contribution is 5.69. The minimum Gasteiger partial charge on any atom is -1.00 e. The number of unbranched alkanes of at least 4 members (excludes halogenated alkanes) is 22. The number of aliphatic hydroxyl groups excluding tert-OH is 1. The van der Waals surface area contributed by atoms with E-state index in [4.69, 9.17) is 9.68 Å². The highest BCUT2D eigenvalue weighted by Crippen LogP contribution is 2.18. The van der Waals surface area contributed by atoms with E-state index < -0.39 is 4.81 Å². The number of hydrogen-bond acceptors (Lipinski definition) is 5. The van der Waals surface area contributed by atoms with Gasteiger partial charge in [0.25, 0.3) is 0 Å². The molecule has 0 spiro atoms. The number of halogens is 1. The predicted octanol–water partition coefficient (Wildman–Crippen LogP) is 9.20. The van der Waals surface area contributed by atoms with Crippen molar-refractivity contribution in [1.82, 2.24) is 0 Å². The Morgan fingerprint density at radius 1 is 0.458 bits per heavy atom. The van der Waals surface area contributed by atoms with E-state index in [2.05, 4.69) is 38.2 Å². The maximum absolute atomic E-state index is 12.7. The van der Waals surface area contributed by atoms with E-state index in [0.29, 0.717) is 25.8 Å². The molecule has 1 N–H and O–H groups in total. The molecule has 284 valence electrons. The fourth-order valence-corrected chi connectivity index (χ4v) is 5.95. The number of allylic oxidation sites excluding steroid dienone is 4. The Morgan fingerprint density at radius 2 is 0.771 bits per heavy atom. The van der Waals surface area contributed by atoms with Crippen LogP contribution in [0.1, 0.15) is 207 Å². The fourth-order valence-electron chi connectivity index (χ4n) is 5.95. The first-order valence-electron chi connectivity index (χ1n) is 20.3. The lowest BCUT2D eigenvalue weighted by Gasteiger charge is -2.30. The van der Waals surface area contributed by atoms with Crippen molar-refractivity contribution in [2.45, 2.75) is 207 Å². The lowest BCUT2D eigenvalue weighted by Crippen LogP contribution is -3.00. The van der Waals surface area contributed by atoms with Crippen molar-refractivity contribution in [2.24, 2.45) is 0 Å². The molecule has 0 fully saturated rings. The zero-order chi connectivity index (χ0) is 34.5. The van der Waals surface area contributed by atoms with Crippen LogP contribution in [0.5, 0.6) is 0 Å². The zero-order valence-electron chi connectivity index (χ0n) is 31.8. The van der Waals surface area contributed by atoms with Crippen LogP contribution in [0.4, 0.5) is 0 Å². The van der Waals surface area contributed by atoms with Crippen molar-refractivity contribution in [1.29, 1.82) is 0 Å². The molecule has 0 unspecified atom stereocenters. The largest absolute Gasteiger partial charge is 1.00 e. The van der Waals surface area contributed by atoms with Gasteiger partial charge in [0.05, 0.1) is 12.8 Å². The summed E-state index contributed by atoms with van der Waals surface area (Å²) in [6.07, 6.45) is 41.9. The third-order valence-corrected chi connectivity index (χ3v) is 8.83. The summed E-state index contributed by atoms with van der Waals surface area (Å²) in [5.41, 5.74) is 0. The Kier molecular flexibility index (Phi) is 39.0. The van der Waals surface area contributed by atoms with Gasteiger partial charge in [-0.2, -0.15) is 0 Å². The second-order valence-corrected chi connectivity index (χ2v) is 13.6. The molecule has 0 radical (unpaired) electrons. The van der Waals surface area contributed by atoms with Gasteiger partial charge in [0.15, 0.2) is 13.1 Å². The van der Waals surface area contributed by atoms with Crippen molar-refractivity contribution in [3.05, 3.63) is 24.3 Å². The number of hydroxylamine groups is 4. The maximum Gasteiger partial charge on any atom is 0.372 e. The van der Waals surface area contributed by atoms with Gasteiger partial charge in [-0.15, -0.1) is 0 Å². The van der Waals surface area contributed by atoms with Gasteiger partial charge < -0.3 is 17.5 Å². The molecule has 6 nitrogen and oxygen atoms in total. The average molecular weight is 701 g/mol. The van der Waals surface area contributed by atoms with E-state index >= 15 is 0 Å². The van der Waals surface area contributed by atoms with Crippen molar-refractivity contribution in [3.63, 3.8) is 0 Å². The van der Waals surface area contributed by atoms with E-state index in [0.717, 1.165) is 51.4 Å². The van der Waals surface area contributed by atoms with Gasteiger partial charge in [0, 0.05) is 11.2 Å². The molecular formula is C41H78ClNO5. The lowest BCUT2D eigenvalue weighted by molar-refractivity contribution is -1.22. The quantitative estimate of drug-likeness (QED) is 0.0306. The van der Waals surface area contributed by atoms with E-state index in [-0.39, 0.29) is 37.5 Å². The van der Waals surface area contributed by atoms with Crippen LogP contribution in [0.25, 0.3) is 0 Å². The number of carbonyl (C=O) groups excluding carboxylic acids is 2. The average Bonchev–Trinajstić information content (AvgIpc) is 3.05. The number of hydrogen-bond donors (Lipinski definition) is 1. The smallest absolute Gasteiger partial charge is 0.372 e. The minimum absolute atomic E-state index is 0. The molecule has 0 aromatic carbocycles. The van der Waals surface area contributed by atoms with Crippen LogP contribution < -0.4 is 12.4 Å². The lowest BCUT2D eigenvalue weighted by atomic mass is 10.1. The van der Waals surface area contributed by atoms with E-state index in [1.54, 1.807) is 0 Å². The molecule has 0 aliphatic rings. The SMILES string of the molecule is CCCCCCCC/C=C\CCCCCCCC(=O)O[N+](CCC)(CCO)OC(=O)CCCCCCC/C=C\CCCCCCCC.[Cl-]. The second kappa shape index (κ2) is 38.4. The number of carbonyl (C=O) groups is 2. The highest BCUT2D eigenvalue weighted by atomic mass is 35.5. The van der Waals surface area contributed by atoms with Gasteiger partial charge in [-0.3, -0.25) is 0 Å². The Balaban J connectivity index is 0. The minimum atomic E-state index is -0.555. The molecule has 0 atom stereocenters. The van der Waals surface area contributed by atoms with Gasteiger partial charge in [-0.1, -0.05) is 148 Å². The molecule has 0 saturated heterocycles. The van der Waals surface area contributed by atoms with Crippen molar-refractivity contribution in [3.8, 4) is 0 Å². The third-order valence-electron chi connectivity index (χ3n) is 8.83. The normalized spacial score (nSPS) is 11.8. The van der Waals surface area contributed by atoms with Crippen LogP contribution in [-0.4, -0.2) is 41.6 Å². The van der Waals surface area contributed by atoms with Crippen LogP contribution in [0.2, 0.25) is 0 Å². The Labute approximate surface area is 303 Å². The maximum atomic E-state index is 12.7. The van der Waals surface area contributed by atoms with Gasteiger partial charge in [-0.05, 0) is 64.2 Å². The molecule has 0 aliphatic heterocycles. The molecule has 0 aromatic heterocycles. The molecular weight excluding hydrogens is 622 g/mol. The summed E-state index contributed by atoms with van der Waals surface area (Å²) in [4.78, 5) is 36.3. The number of quaternary nitrogens is 1. The van der Waals surface area contributed by atoms with Gasteiger partial charge >= 0.3 is 11.9 Å². The van der Waals surface area contributed by atoms with E-state index in [1.807, 2.05) is 6.92 Å². The molecule has 0 rings (SSSR count). The monoisotopic (exact) mass is 700 g/mol. The Hall–Kier alpha value is -1.37. The number of aliphatic hydroxyl groups is 1. The summed E-state index contributed by atoms with van der Waals surface area (Å²) in [7, 11) is 0. The van der Waals surface area contributed by atoms with Crippen LogP contribution in [-0.2, 0) is 19.3 Å². The predicted molar refractivity (Wildman–Crippen MR) is 198 cm³/mol. The molecule has 0 aliphatic carbocycles. The fraction of sp³-hybridized carbons (Fsp3) is 0.854. The van der Waals surface area contributed by atoms with Crippen molar-refractivity contribution < 1.29 is 41.6 Å². The summed E-state index contributed by atoms with van der Waals surface area (Å²) >= 11 is 0. The number of nitrogens with zero attached hydrogens (tertiary/aromatic N) is 1. The summed E-state index contributed by atoms with van der Waals surface area (Å²) in [6, 6.07) is 0. The molecule has 0 saturated carbocycles. The first-order valence-corrected chi connectivity index (χ1v) is 20.3. The van der Waals surface area contributed by atoms with E-state index in [1.165, 1.54) is 116 Å². The van der Waals surface area contributed by atoms with Crippen molar-refractivity contribution in [2.75, 3.05) is 19.7 Å². The van der Waals surface area contributed by atoms with Gasteiger partial charge in [0.1, 0.15) is 6.61 Å². The number of rotatable bonds is 36. The molecule has 0 aromatic rings. The molecule has 48 heavy (non-hydrogen) atoms. The Bertz CT molecular complexity index is 695. The zero-order valence-corrected chi connectivity index (χ0v) is 32.6. The topological polar surface area (TPSA) is 72.8 Å². The summed E-state index contributed by atoms with van der Waals surface area (Å²) in [5, 5.41) is 9.68. The first kappa shape index (κ1) is 48.7. The van der Waals surface area contributed by atoms with Crippen LogP contribution >= 0.6 is 0 Å². The van der Waals surface area contributed by atoms with Crippen molar-refractivity contribution >= 4 is 11.9 Å². The molecule has 0 amide bonds. The summed E-state index contributed by atoms with van der Waals surface area (Å²) in [5.74, 6) is -0.725.